The zero-order valence-electron chi connectivity index (χ0n) is 10.1. The van der Waals surface area contributed by atoms with Crippen LogP contribution in [-0.4, -0.2) is 18.9 Å². The zero-order chi connectivity index (χ0) is 11.9. The van der Waals surface area contributed by atoms with E-state index in [0.29, 0.717) is 0 Å². The van der Waals surface area contributed by atoms with Crippen molar-refractivity contribution in [1.82, 2.24) is 5.32 Å². The van der Waals surface area contributed by atoms with Gasteiger partial charge in [-0.2, -0.15) is 0 Å². The molecule has 19 heavy (non-hydrogen) atoms. The molecule has 0 bridgehead atoms. The summed E-state index contributed by atoms with van der Waals surface area (Å²) in [6.45, 7) is 0.949. The molecule has 2 aromatic rings. The summed E-state index contributed by atoms with van der Waals surface area (Å²) in [5, 5.41) is 3.55. The fraction of sp³-hybridized carbons (Fsp3) is 0.118. The molecule has 2 aromatic carbocycles. The molecule has 4 rings (SSSR count). The maximum absolute atomic E-state index is 3.55. The van der Waals surface area contributed by atoms with Gasteiger partial charge in [-0.1, -0.05) is 54.6 Å². The molecule has 0 aromatic heterocycles. The normalized spacial score (nSPS) is 16.5. The number of hydrogen-bond donors (Lipinski definition) is 1. The second kappa shape index (κ2) is 5.02. The average Bonchev–Trinajstić information content (AvgIpc) is 3.01. The molecule has 0 unspecified atom stereocenters. The van der Waals surface area contributed by atoms with E-state index in [1.165, 1.54) is 33.9 Å². The van der Waals surface area contributed by atoms with E-state index in [9.17, 15) is 0 Å². The summed E-state index contributed by atoms with van der Waals surface area (Å²) in [4.78, 5) is 0. The third-order valence-corrected chi connectivity index (χ3v) is 3.85. The van der Waals surface area contributed by atoms with Gasteiger partial charge in [-0.25, -0.2) is 0 Å². The molecule has 0 atom stereocenters. The van der Waals surface area contributed by atoms with E-state index in [1.807, 2.05) is 0 Å². The SMILES string of the molecule is C1=C([C]2NCc3ccccc32)c2ccccc2C1.[LiH]. The minimum absolute atomic E-state index is 0. The molecule has 1 nitrogen and oxygen atoms in total. The van der Waals surface area contributed by atoms with E-state index in [-0.39, 0.29) is 18.9 Å². The first-order valence-electron chi connectivity index (χ1n) is 6.41. The Kier molecular flexibility index (Phi) is 3.37. The first-order valence-corrected chi connectivity index (χ1v) is 6.41. The van der Waals surface area contributed by atoms with Gasteiger partial charge >= 0.3 is 18.9 Å². The summed E-state index contributed by atoms with van der Waals surface area (Å²) < 4.78 is 0. The van der Waals surface area contributed by atoms with Crippen LogP contribution in [0.5, 0.6) is 0 Å². The Balaban J connectivity index is 0.00000110. The molecule has 1 aliphatic carbocycles. The second-order valence-corrected chi connectivity index (χ2v) is 4.86. The van der Waals surface area contributed by atoms with Gasteiger partial charge in [0.15, 0.2) is 0 Å². The monoisotopic (exact) mass is 240 g/mol. The molecule has 0 spiro atoms. The molecule has 1 heterocycles. The Morgan fingerprint density at radius 2 is 1.47 bits per heavy atom. The molecule has 0 saturated carbocycles. The predicted molar refractivity (Wildman–Crippen MR) is 80.9 cm³/mol. The fourth-order valence-corrected chi connectivity index (χ4v) is 2.96. The van der Waals surface area contributed by atoms with Gasteiger partial charge in [0.2, 0.25) is 0 Å². The summed E-state index contributed by atoms with van der Waals surface area (Å²) in [6.07, 6.45) is 3.40. The average molecular weight is 240 g/mol. The summed E-state index contributed by atoms with van der Waals surface area (Å²) in [6, 6.07) is 18.6. The predicted octanol–water partition coefficient (Wildman–Crippen LogP) is 2.66. The number of fused-ring (bicyclic) bond motifs is 2. The Hall–Kier alpha value is -1.26. The van der Waals surface area contributed by atoms with Gasteiger partial charge in [0.25, 0.3) is 0 Å². The van der Waals surface area contributed by atoms with Gasteiger partial charge in [-0.05, 0) is 34.2 Å². The van der Waals surface area contributed by atoms with Crippen LogP contribution in [0, 0.1) is 6.04 Å². The van der Waals surface area contributed by atoms with Crippen LogP contribution in [0.1, 0.15) is 22.3 Å². The van der Waals surface area contributed by atoms with E-state index < -0.39 is 0 Å². The molecule has 1 radical (unpaired) electrons. The van der Waals surface area contributed by atoms with Gasteiger partial charge in [0.05, 0.1) is 6.04 Å². The molecule has 0 saturated heterocycles. The van der Waals surface area contributed by atoms with Crippen molar-refractivity contribution >= 4 is 24.4 Å². The topological polar surface area (TPSA) is 12.0 Å². The van der Waals surface area contributed by atoms with Gasteiger partial charge < -0.3 is 0 Å². The molecule has 0 fully saturated rings. The van der Waals surface area contributed by atoms with Crippen LogP contribution in [0.15, 0.2) is 54.6 Å². The van der Waals surface area contributed by atoms with Crippen LogP contribution in [0.3, 0.4) is 0 Å². The van der Waals surface area contributed by atoms with E-state index in [4.69, 9.17) is 0 Å². The third-order valence-electron chi connectivity index (χ3n) is 3.85. The van der Waals surface area contributed by atoms with Crippen molar-refractivity contribution in [2.24, 2.45) is 0 Å². The molecule has 89 valence electrons. The van der Waals surface area contributed by atoms with Gasteiger partial charge in [0, 0.05) is 6.54 Å². The van der Waals surface area contributed by atoms with E-state index in [2.05, 4.69) is 59.9 Å². The van der Waals surface area contributed by atoms with E-state index in [0.717, 1.165) is 13.0 Å². The number of benzene rings is 2. The van der Waals surface area contributed by atoms with Crippen molar-refractivity contribution in [3.8, 4) is 0 Å². The van der Waals surface area contributed by atoms with Crippen molar-refractivity contribution in [2.45, 2.75) is 13.0 Å². The van der Waals surface area contributed by atoms with Crippen molar-refractivity contribution in [3.63, 3.8) is 0 Å². The number of rotatable bonds is 1. The first kappa shape index (κ1) is 12.8. The first-order chi connectivity index (χ1) is 8.93. The number of hydrogen-bond acceptors (Lipinski definition) is 1. The third kappa shape index (κ3) is 1.99. The summed E-state index contributed by atoms with van der Waals surface area (Å²) >= 11 is 0. The number of allylic oxidation sites excluding steroid dienone is 1. The van der Waals surface area contributed by atoms with Crippen molar-refractivity contribution in [1.29, 1.82) is 0 Å². The molecular formula is C17H15LiN. The summed E-state index contributed by atoms with van der Waals surface area (Å²) in [5.74, 6) is 0. The van der Waals surface area contributed by atoms with Gasteiger partial charge in [0.1, 0.15) is 0 Å². The Morgan fingerprint density at radius 3 is 2.32 bits per heavy atom. The standard InChI is InChI=1S/C17H14N.Li.H/c1-3-7-14-12(5-1)9-10-16(14)17-15-8-4-2-6-13(15)11-18-17;;/h1-8,10,18H,9,11H2;;. The van der Waals surface area contributed by atoms with Crippen molar-refractivity contribution < 1.29 is 0 Å². The Bertz CT molecular complexity index is 645. The van der Waals surface area contributed by atoms with Crippen LogP contribution in [-0.2, 0) is 13.0 Å². The fourth-order valence-electron chi connectivity index (χ4n) is 2.96. The zero-order valence-corrected chi connectivity index (χ0v) is 10.1. The van der Waals surface area contributed by atoms with Crippen LogP contribution in [0.25, 0.3) is 5.57 Å². The second-order valence-electron chi connectivity index (χ2n) is 4.86. The van der Waals surface area contributed by atoms with Gasteiger partial charge in [-0.15, -0.1) is 0 Å². The van der Waals surface area contributed by atoms with Crippen molar-refractivity contribution in [3.05, 3.63) is 82.9 Å². The summed E-state index contributed by atoms with van der Waals surface area (Å²) in [5.41, 5.74) is 6.96. The van der Waals surface area contributed by atoms with Crippen LogP contribution in [0.2, 0.25) is 0 Å². The Labute approximate surface area is 125 Å². The van der Waals surface area contributed by atoms with E-state index in [1.54, 1.807) is 0 Å². The summed E-state index contributed by atoms with van der Waals surface area (Å²) in [7, 11) is 0. The molecule has 2 aliphatic rings. The van der Waals surface area contributed by atoms with Gasteiger partial charge in [-0.3, -0.25) is 5.32 Å². The minimum atomic E-state index is 0. The quantitative estimate of drug-likeness (QED) is 0.756. The van der Waals surface area contributed by atoms with Crippen LogP contribution >= 0.6 is 0 Å². The van der Waals surface area contributed by atoms with E-state index >= 15 is 0 Å². The van der Waals surface area contributed by atoms with Crippen molar-refractivity contribution in [2.75, 3.05) is 0 Å². The molecule has 2 heteroatoms. The van der Waals surface area contributed by atoms with Crippen LogP contribution < -0.4 is 5.32 Å². The molecule has 0 amide bonds. The maximum atomic E-state index is 3.55. The van der Waals surface area contributed by atoms with Crippen LogP contribution in [0.4, 0.5) is 0 Å². The molecular weight excluding hydrogens is 225 g/mol. The molecule has 1 N–H and O–H groups in total. The Morgan fingerprint density at radius 1 is 0.789 bits per heavy atom. The number of nitrogens with one attached hydrogen (secondary N) is 1. The molecule has 1 aliphatic heterocycles.